The molecule has 0 fully saturated rings. The molecule has 0 radical (unpaired) electrons. The summed E-state index contributed by atoms with van der Waals surface area (Å²) in [5.74, 6) is 0.912. The van der Waals surface area contributed by atoms with Gasteiger partial charge in [0.1, 0.15) is 5.01 Å². The number of aromatic amines is 2. The number of thioether (sulfide) groups is 1. The van der Waals surface area contributed by atoms with Crippen LogP contribution in [0.4, 0.5) is 0 Å². The zero-order valence-corrected chi connectivity index (χ0v) is 16.4. The van der Waals surface area contributed by atoms with E-state index in [-0.39, 0.29) is 6.42 Å². The SMILES string of the molecule is Cc1[nH]c(=O)[nH]c(=O)c1Cc1nnc(SCc2csc(-c3ccccc3)n2)o1. The minimum absolute atomic E-state index is 0.153. The molecule has 3 aromatic heterocycles. The van der Waals surface area contributed by atoms with Crippen molar-refractivity contribution in [3.05, 3.63) is 79.4 Å². The van der Waals surface area contributed by atoms with Crippen LogP contribution < -0.4 is 11.2 Å². The van der Waals surface area contributed by atoms with Crippen LogP contribution in [0, 0.1) is 6.92 Å². The highest BCUT2D eigenvalue weighted by Gasteiger charge is 2.13. The standard InChI is InChI=1S/C18H15N5O3S2/c1-10-13(15(24)21-17(25)19-10)7-14-22-23-18(26-14)28-9-12-8-27-16(20-12)11-5-3-2-4-6-11/h2-6,8H,7,9H2,1H3,(H2,19,21,24,25). The van der Waals surface area contributed by atoms with Crippen molar-refractivity contribution < 1.29 is 4.42 Å². The van der Waals surface area contributed by atoms with Gasteiger partial charge in [0.05, 0.1) is 12.1 Å². The molecule has 0 amide bonds. The number of nitrogens with zero attached hydrogens (tertiary/aromatic N) is 3. The predicted octanol–water partition coefficient (Wildman–Crippen LogP) is 2.76. The van der Waals surface area contributed by atoms with Gasteiger partial charge in [0.2, 0.25) is 5.89 Å². The van der Waals surface area contributed by atoms with Crippen molar-refractivity contribution in [1.29, 1.82) is 0 Å². The van der Waals surface area contributed by atoms with E-state index in [1.54, 1.807) is 18.3 Å². The lowest BCUT2D eigenvalue weighted by molar-refractivity contribution is 0.419. The summed E-state index contributed by atoms with van der Waals surface area (Å²) < 4.78 is 5.61. The molecule has 10 heteroatoms. The largest absolute Gasteiger partial charge is 0.416 e. The van der Waals surface area contributed by atoms with Crippen LogP contribution in [-0.2, 0) is 12.2 Å². The van der Waals surface area contributed by atoms with Gasteiger partial charge in [0.15, 0.2) is 0 Å². The molecule has 0 spiro atoms. The molecule has 0 bridgehead atoms. The fraction of sp³-hybridized carbons (Fsp3) is 0.167. The normalized spacial score (nSPS) is 11.0. The molecule has 28 heavy (non-hydrogen) atoms. The van der Waals surface area contributed by atoms with Gasteiger partial charge in [-0.1, -0.05) is 42.1 Å². The van der Waals surface area contributed by atoms with E-state index in [4.69, 9.17) is 4.42 Å². The molecule has 0 saturated heterocycles. The van der Waals surface area contributed by atoms with E-state index in [0.717, 1.165) is 16.3 Å². The van der Waals surface area contributed by atoms with Crippen LogP contribution in [0.5, 0.6) is 0 Å². The van der Waals surface area contributed by atoms with Gasteiger partial charge in [0.25, 0.3) is 10.8 Å². The number of aromatic nitrogens is 5. The average molecular weight is 413 g/mol. The van der Waals surface area contributed by atoms with Gasteiger partial charge in [-0.2, -0.15) is 0 Å². The van der Waals surface area contributed by atoms with Crippen molar-refractivity contribution in [3.8, 4) is 10.6 Å². The first-order chi connectivity index (χ1) is 13.6. The first-order valence-corrected chi connectivity index (χ1v) is 10.2. The van der Waals surface area contributed by atoms with Gasteiger partial charge >= 0.3 is 5.69 Å². The van der Waals surface area contributed by atoms with E-state index in [2.05, 4.69) is 25.1 Å². The summed E-state index contributed by atoms with van der Waals surface area (Å²) in [7, 11) is 0. The van der Waals surface area contributed by atoms with Crippen molar-refractivity contribution in [3.63, 3.8) is 0 Å². The Morgan fingerprint density at radius 2 is 1.96 bits per heavy atom. The third-order valence-electron chi connectivity index (χ3n) is 3.95. The Morgan fingerprint density at radius 3 is 2.75 bits per heavy atom. The monoisotopic (exact) mass is 413 g/mol. The average Bonchev–Trinajstić information content (AvgIpc) is 3.33. The zero-order valence-electron chi connectivity index (χ0n) is 14.8. The van der Waals surface area contributed by atoms with Crippen molar-refractivity contribution in [1.82, 2.24) is 25.1 Å². The van der Waals surface area contributed by atoms with Crippen LogP contribution in [0.1, 0.15) is 22.8 Å². The van der Waals surface area contributed by atoms with Crippen LogP contribution >= 0.6 is 23.1 Å². The lowest BCUT2D eigenvalue weighted by Crippen LogP contribution is -2.27. The maximum atomic E-state index is 11.9. The van der Waals surface area contributed by atoms with Crippen LogP contribution in [0.2, 0.25) is 0 Å². The molecule has 142 valence electrons. The van der Waals surface area contributed by atoms with Crippen LogP contribution in [0.15, 0.2) is 54.9 Å². The van der Waals surface area contributed by atoms with Gasteiger partial charge in [-0.05, 0) is 6.92 Å². The Labute approximate surface area is 167 Å². The molecule has 0 atom stereocenters. The Bertz CT molecular complexity index is 1210. The first kappa shape index (κ1) is 18.4. The molecule has 2 N–H and O–H groups in total. The number of thiazole rings is 1. The van der Waals surface area contributed by atoms with Crippen molar-refractivity contribution in [2.45, 2.75) is 24.3 Å². The van der Waals surface area contributed by atoms with Crippen molar-refractivity contribution in [2.75, 3.05) is 0 Å². The molecule has 1 aromatic carbocycles. The molecule has 0 unspecified atom stereocenters. The highest BCUT2D eigenvalue weighted by Crippen LogP contribution is 2.27. The predicted molar refractivity (Wildman–Crippen MR) is 107 cm³/mol. The molecule has 3 heterocycles. The van der Waals surface area contributed by atoms with Gasteiger partial charge in [0, 0.05) is 28.0 Å². The second-order valence-electron chi connectivity index (χ2n) is 5.95. The van der Waals surface area contributed by atoms with E-state index < -0.39 is 11.2 Å². The summed E-state index contributed by atoms with van der Waals surface area (Å²) in [6.45, 7) is 1.66. The maximum Gasteiger partial charge on any atom is 0.325 e. The van der Waals surface area contributed by atoms with Crippen LogP contribution in [-0.4, -0.2) is 25.1 Å². The van der Waals surface area contributed by atoms with E-state index >= 15 is 0 Å². The summed E-state index contributed by atoms with van der Waals surface area (Å²) in [5.41, 5.74) is 1.91. The lowest BCUT2D eigenvalue weighted by Gasteiger charge is -2.00. The molecular weight excluding hydrogens is 398 g/mol. The van der Waals surface area contributed by atoms with E-state index in [0.29, 0.717) is 28.1 Å². The molecule has 0 aliphatic heterocycles. The Balaban J connectivity index is 1.41. The second kappa shape index (κ2) is 7.95. The summed E-state index contributed by atoms with van der Waals surface area (Å²) >= 11 is 2.98. The van der Waals surface area contributed by atoms with Crippen molar-refractivity contribution in [2.24, 2.45) is 0 Å². The fourth-order valence-electron chi connectivity index (χ4n) is 2.58. The third kappa shape index (κ3) is 4.12. The number of nitrogens with one attached hydrogen (secondary N) is 2. The molecule has 0 aliphatic carbocycles. The second-order valence-corrected chi connectivity index (χ2v) is 7.73. The summed E-state index contributed by atoms with van der Waals surface area (Å²) in [4.78, 5) is 32.6. The van der Waals surface area contributed by atoms with Crippen LogP contribution in [0.3, 0.4) is 0 Å². The summed E-state index contributed by atoms with van der Waals surface area (Å²) in [6.07, 6.45) is 0.153. The van der Waals surface area contributed by atoms with Crippen LogP contribution in [0.25, 0.3) is 10.6 Å². The van der Waals surface area contributed by atoms with E-state index in [1.807, 2.05) is 35.7 Å². The minimum Gasteiger partial charge on any atom is -0.416 e. The first-order valence-electron chi connectivity index (χ1n) is 8.35. The third-order valence-corrected chi connectivity index (χ3v) is 5.74. The molecule has 8 nitrogen and oxygen atoms in total. The fourth-order valence-corrected chi connectivity index (χ4v) is 4.18. The highest BCUT2D eigenvalue weighted by atomic mass is 32.2. The zero-order chi connectivity index (χ0) is 19.5. The minimum atomic E-state index is -0.536. The Morgan fingerprint density at radius 1 is 1.14 bits per heavy atom. The summed E-state index contributed by atoms with van der Waals surface area (Å²) in [6, 6.07) is 10.0. The molecule has 0 aliphatic rings. The smallest absolute Gasteiger partial charge is 0.325 e. The number of hydrogen-bond acceptors (Lipinski definition) is 8. The molecule has 4 rings (SSSR count). The van der Waals surface area contributed by atoms with E-state index in [9.17, 15) is 9.59 Å². The Hall–Kier alpha value is -2.98. The maximum absolute atomic E-state index is 11.9. The molecule has 4 aromatic rings. The van der Waals surface area contributed by atoms with E-state index in [1.165, 1.54) is 11.8 Å². The number of hydrogen-bond donors (Lipinski definition) is 2. The number of benzene rings is 1. The lowest BCUT2D eigenvalue weighted by atomic mass is 10.2. The molecular formula is C18H15N5O3S2. The van der Waals surface area contributed by atoms with Gasteiger partial charge in [-0.25, -0.2) is 9.78 Å². The van der Waals surface area contributed by atoms with Crippen molar-refractivity contribution >= 4 is 23.1 Å². The van der Waals surface area contributed by atoms with Gasteiger partial charge in [-0.3, -0.25) is 9.78 Å². The van der Waals surface area contributed by atoms with Gasteiger partial charge < -0.3 is 9.40 Å². The Kier molecular flexibility index (Phi) is 5.22. The number of rotatable bonds is 6. The number of aryl methyl sites for hydroxylation is 1. The quantitative estimate of drug-likeness (QED) is 0.467. The topological polar surface area (TPSA) is 118 Å². The molecule has 0 saturated carbocycles. The van der Waals surface area contributed by atoms with Gasteiger partial charge in [-0.15, -0.1) is 21.5 Å². The number of H-pyrrole nitrogens is 2. The summed E-state index contributed by atoms with van der Waals surface area (Å²) in [5, 5.41) is 11.4. The highest BCUT2D eigenvalue weighted by molar-refractivity contribution is 7.98.